The molecular weight excluding hydrogens is 476 g/mol. The molecule has 0 bridgehead atoms. The van der Waals surface area contributed by atoms with Gasteiger partial charge in [-0.3, -0.25) is 14.3 Å². The van der Waals surface area contributed by atoms with Crippen molar-refractivity contribution in [2.45, 2.75) is 45.6 Å². The van der Waals surface area contributed by atoms with E-state index in [1.54, 1.807) is 55.5 Å². The molecule has 1 aliphatic heterocycles. The van der Waals surface area contributed by atoms with Crippen molar-refractivity contribution < 1.29 is 23.8 Å². The second-order valence-electron chi connectivity index (χ2n) is 8.72. The van der Waals surface area contributed by atoms with Crippen LogP contribution >= 0.6 is 0 Å². The van der Waals surface area contributed by atoms with Crippen molar-refractivity contribution in [2.75, 3.05) is 6.61 Å². The standard InChI is InChI=1S/C28H26N2O7/c1-4-5-21-15-30(28(34)29-25(21)31)24-14-22(37-27(33)20-12-8-18(3)9-13-20)23(36-24)16-35-26(32)19-10-6-17(2)7-11-19/h6-13,15,22-24H,14,16H2,1-3H3,(H,29,31,34)/t22-,23+,24+/m0/s1. The summed E-state index contributed by atoms with van der Waals surface area (Å²) < 4.78 is 18.4. The molecule has 1 aliphatic rings. The molecule has 190 valence electrons. The minimum absolute atomic E-state index is 0.0909. The minimum Gasteiger partial charge on any atom is -0.459 e. The third-order valence-electron chi connectivity index (χ3n) is 5.93. The minimum atomic E-state index is -0.888. The number of benzene rings is 2. The monoisotopic (exact) mass is 502 g/mol. The van der Waals surface area contributed by atoms with Crippen molar-refractivity contribution in [3.8, 4) is 11.8 Å². The molecule has 2 heterocycles. The van der Waals surface area contributed by atoms with Crippen molar-refractivity contribution in [3.05, 3.63) is 103 Å². The van der Waals surface area contributed by atoms with E-state index in [0.29, 0.717) is 11.1 Å². The smallest absolute Gasteiger partial charge is 0.338 e. The molecule has 0 radical (unpaired) electrons. The summed E-state index contributed by atoms with van der Waals surface area (Å²) in [6.07, 6.45) is -1.17. The number of aromatic amines is 1. The summed E-state index contributed by atoms with van der Waals surface area (Å²) in [4.78, 5) is 52.2. The van der Waals surface area contributed by atoms with Crippen molar-refractivity contribution in [2.24, 2.45) is 0 Å². The first kappa shape index (κ1) is 25.7. The van der Waals surface area contributed by atoms with Crippen LogP contribution < -0.4 is 11.2 Å². The first-order chi connectivity index (χ1) is 17.7. The molecule has 3 atom stereocenters. The van der Waals surface area contributed by atoms with Gasteiger partial charge in [-0.25, -0.2) is 14.4 Å². The van der Waals surface area contributed by atoms with Crippen molar-refractivity contribution >= 4 is 11.9 Å². The Morgan fingerprint density at radius 2 is 1.59 bits per heavy atom. The molecule has 0 spiro atoms. The van der Waals surface area contributed by atoms with Gasteiger partial charge in [-0.2, -0.15) is 0 Å². The summed E-state index contributed by atoms with van der Waals surface area (Å²) in [6, 6.07) is 13.8. The van der Waals surface area contributed by atoms with E-state index in [2.05, 4.69) is 16.8 Å². The lowest BCUT2D eigenvalue weighted by molar-refractivity contribution is -0.0582. The van der Waals surface area contributed by atoms with E-state index in [1.165, 1.54) is 10.8 Å². The van der Waals surface area contributed by atoms with E-state index >= 15 is 0 Å². The number of aryl methyl sites for hydroxylation is 2. The lowest BCUT2D eigenvalue weighted by atomic mass is 10.1. The van der Waals surface area contributed by atoms with E-state index in [1.807, 2.05) is 13.8 Å². The lowest BCUT2D eigenvalue weighted by Crippen LogP contribution is -2.34. The molecule has 9 nitrogen and oxygen atoms in total. The highest BCUT2D eigenvalue weighted by molar-refractivity contribution is 5.90. The molecular formula is C28H26N2O7. The van der Waals surface area contributed by atoms with Crippen LogP contribution in [0.3, 0.4) is 0 Å². The number of nitrogens with one attached hydrogen (secondary N) is 1. The van der Waals surface area contributed by atoms with Gasteiger partial charge >= 0.3 is 17.6 Å². The van der Waals surface area contributed by atoms with Gasteiger partial charge in [0.1, 0.15) is 30.6 Å². The third kappa shape index (κ3) is 6.05. The van der Waals surface area contributed by atoms with Gasteiger partial charge in [0.25, 0.3) is 5.56 Å². The van der Waals surface area contributed by atoms with Gasteiger partial charge in [-0.05, 0) is 45.0 Å². The van der Waals surface area contributed by atoms with E-state index in [4.69, 9.17) is 14.2 Å². The zero-order chi connectivity index (χ0) is 26.5. The summed E-state index contributed by atoms with van der Waals surface area (Å²) in [5.41, 5.74) is 1.49. The third-order valence-corrected chi connectivity index (χ3v) is 5.93. The Labute approximate surface area is 213 Å². The number of carbonyl (C=O) groups is 2. The quantitative estimate of drug-likeness (QED) is 0.407. The number of esters is 2. The normalized spacial score (nSPS) is 18.5. The first-order valence-electron chi connectivity index (χ1n) is 11.7. The summed E-state index contributed by atoms with van der Waals surface area (Å²) in [6.45, 7) is 5.17. The van der Waals surface area contributed by atoms with Crippen molar-refractivity contribution in [1.29, 1.82) is 0 Å². The van der Waals surface area contributed by atoms with Crippen molar-refractivity contribution in [1.82, 2.24) is 9.55 Å². The average Bonchev–Trinajstić information content (AvgIpc) is 3.27. The number of aromatic nitrogens is 2. The second kappa shape index (κ2) is 11.1. The second-order valence-corrected chi connectivity index (χ2v) is 8.72. The fraction of sp³-hybridized carbons (Fsp3) is 0.286. The summed E-state index contributed by atoms with van der Waals surface area (Å²) in [7, 11) is 0. The van der Waals surface area contributed by atoms with Gasteiger partial charge in [0.05, 0.1) is 11.1 Å². The highest BCUT2D eigenvalue weighted by atomic mass is 16.6. The molecule has 1 fully saturated rings. The number of rotatable bonds is 6. The molecule has 1 aromatic heterocycles. The number of carbonyl (C=O) groups excluding carboxylic acids is 2. The highest BCUT2D eigenvalue weighted by Gasteiger charge is 2.40. The Morgan fingerprint density at radius 3 is 2.19 bits per heavy atom. The Morgan fingerprint density at radius 1 is 1.00 bits per heavy atom. The summed E-state index contributed by atoms with van der Waals surface area (Å²) >= 11 is 0. The highest BCUT2D eigenvalue weighted by Crippen LogP contribution is 2.31. The van der Waals surface area contributed by atoms with E-state index in [0.717, 1.165) is 11.1 Å². The molecule has 0 unspecified atom stereocenters. The van der Waals surface area contributed by atoms with E-state index in [-0.39, 0.29) is 18.6 Å². The number of nitrogens with zero attached hydrogens (tertiary/aromatic N) is 1. The largest absolute Gasteiger partial charge is 0.459 e. The summed E-state index contributed by atoms with van der Waals surface area (Å²) in [5.74, 6) is 4.14. The Kier molecular flexibility index (Phi) is 7.70. The summed E-state index contributed by atoms with van der Waals surface area (Å²) in [5, 5.41) is 0. The van der Waals surface area contributed by atoms with Crippen molar-refractivity contribution in [3.63, 3.8) is 0 Å². The molecule has 1 saturated heterocycles. The predicted molar refractivity (Wildman–Crippen MR) is 134 cm³/mol. The molecule has 9 heteroatoms. The van der Waals surface area contributed by atoms with Crippen LogP contribution in [0.1, 0.15) is 57.0 Å². The van der Waals surface area contributed by atoms with E-state index in [9.17, 15) is 19.2 Å². The maximum absolute atomic E-state index is 12.8. The zero-order valence-electron chi connectivity index (χ0n) is 20.6. The molecule has 0 amide bonds. The SMILES string of the molecule is CC#Cc1cn([C@H]2C[C@H](OC(=O)c3ccc(C)cc3)[C@@H](COC(=O)c3ccc(C)cc3)O2)c(=O)[nH]c1=O. The van der Waals surface area contributed by atoms with Crippen LogP contribution in [-0.4, -0.2) is 40.3 Å². The Bertz CT molecular complexity index is 1470. The van der Waals surface area contributed by atoms with E-state index < -0.39 is 41.6 Å². The molecule has 2 aromatic carbocycles. The van der Waals surface area contributed by atoms with Crippen LogP contribution in [0.15, 0.2) is 64.3 Å². The molecule has 0 saturated carbocycles. The maximum atomic E-state index is 12.8. The first-order valence-corrected chi connectivity index (χ1v) is 11.7. The Balaban J connectivity index is 1.56. The number of ether oxygens (including phenoxy) is 3. The van der Waals surface area contributed by atoms with Gasteiger partial charge in [0.2, 0.25) is 0 Å². The number of hydrogen-bond donors (Lipinski definition) is 1. The topological polar surface area (TPSA) is 117 Å². The van der Waals surface area contributed by atoms with Crippen LogP contribution in [0.25, 0.3) is 0 Å². The average molecular weight is 503 g/mol. The molecule has 4 rings (SSSR count). The number of H-pyrrole nitrogens is 1. The fourth-order valence-corrected chi connectivity index (χ4v) is 3.89. The Hall–Kier alpha value is -4.42. The molecule has 1 N–H and O–H groups in total. The fourth-order valence-electron chi connectivity index (χ4n) is 3.89. The number of hydrogen-bond acceptors (Lipinski definition) is 7. The van der Waals surface area contributed by atoms with Crippen LogP contribution in [0.4, 0.5) is 0 Å². The van der Waals surface area contributed by atoms with Crippen LogP contribution in [0.2, 0.25) is 0 Å². The maximum Gasteiger partial charge on any atom is 0.338 e. The zero-order valence-corrected chi connectivity index (χ0v) is 20.6. The van der Waals surface area contributed by atoms with Crippen LogP contribution in [0.5, 0.6) is 0 Å². The van der Waals surface area contributed by atoms with Gasteiger partial charge in [-0.15, -0.1) is 5.92 Å². The van der Waals surface area contributed by atoms with Gasteiger partial charge in [-0.1, -0.05) is 41.3 Å². The molecule has 0 aliphatic carbocycles. The van der Waals surface area contributed by atoms with Crippen LogP contribution in [0, 0.1) is 25.7 Å². The predicted octanol–water partition coefficient (Wildman–Crippen LogP) is 2.89. The van der Waals surface area contributed by atoms with Gasteiger partial charge in [0, 0.05) is 12.6 Å². The lowest BCUT2D eigenvalue weighted by Gasteiger charge is -2.19. The molecule has 37 heavy (non-hydrogen) atoms. The van der Waals surface area contributed by atoms with Gasteiger partial charge < -0.3 is 14.2 Å². The van der Waals surface area contributed by atoms with Crippen LogP contribution in [-0.2, 0) is 14.2 Å². The van der Waals surface area contributed by atoms with Gasteiger partial charge in [0.15, 0.2) is 0 Å². The molecule has 3 aromatic rings.